The molecule has 0 saturated carbocycles. The van der Waals surface area contributed by atoms with Gasteiger partial charge >= 0.3 is 0 Å². The van der Waals surface area contributed by atoms with E-state index in [1.807, 2.05) is 48.5 Å². The van der Waals surface area contributed by atoms with E-state index in [9.17, 15) is 4.79 Å². The smallest absolute Gasteiger partial charge is 0.243 e. The molecule has 0 aromatic heterocycles. The summed E-state index contributed by atoms with van der Waals surface area (Å²) in [5.41, 5.74) is 1.99. The molecule has 1 atom stereocenters. The SMILES string of the molecule is CN=C(NCC(=O)Nc1ccccc1)NCC1Cc2ccccc2O1.I. The Morgan fingerprint density at radius 2 is 1.85 bits per heavy atom. The van der Waals surface area contributed by atoms with E-state index in [-0.39, 0.29) is 42.5 Å². The normalized spacial score (nSPS) is 15.3. The quantitative estimate of drug-likeness (QED) is 0.360. The highest BCUT2D eigenvalue weighted by atomic mass is 127. The van der Waals surface area contributed by atoms with Crippen molar-refractivity contribution in [3.8, 4) is 5.75 Å². The molecule has 0 fully saturated rings. The van der Waals surface area contributed by atoms with Crippen molar-refractivity contribution in [1.82, 2.24) is 10.6 Å². The van der Waals surface area contributed by atoms with Crippen LogP contribution in [0.1, 0.15) is 5.56 Å². The van der Waals surface area contributed by atoms with Crippen LogP contribution < -0.4 is 20.7 Å². The number of fused-ring (bicyclic) bond motifs is 1. The fraction of sp³-hybridized carbons (Fsp3) is 0.263. The minimum Gasteiger partial charge on any atom is -0.488 e. The zero-order valence-electron chi connectivity index (χ0n) is 14.6. The van der Waals surface area contributed by atoms with E-state index < -0.39 is 0 Å². The molecule has 0 spiro atoms. The third-order valence-corrected chi connectivity index (χ3v) is 3.91. The first-order valence-electron chi connectivity index (χ1n) is 8.28. The Labute approximate surface area is 170 Å². The number of nitrogens with zero attached hydrogens (tertiary/aromatic N) is 1. The minimum atomic E-state index is -0.126. The maximum atomic E-state index is 12.0. The number of ether oxygens (including phenoxy) is 1. The van der Waals surface area contributed by atoms with Crippen LogP contribution in [-0.4, -0.2) is 38.1 Å². The van der Waals surface area contributed by atoms with Gasteiger partial charge in [-0.15, -0.1) is 24.0 Å². The molecule has 0 bridgehead atoms. The van der Waals surface area contributed by atoms with E-state index in [4.69, 9.17) is 4.74 Å². The molecule has 3 rings (SSSR count). The topological polar surface area (TPSA) is 74.8 Å². The van der Waals surface area contributed by atoms with Gasteiger partial charge in [0.05, 0.1) is 13.1 Å². The average molecular weight is 466 g/mol. The van der Waals surface area contributed by atoms with E-state index in [0.29, 0.717) is 12.5 Å². The van der Waals surface area contributed by atoms with Crippen LogP contribution in [0.15, 0.2) is 59.6 Å². The van der Waals surface area contributed by atoms with Gasteiger partial charge in [0.1, 0.15) is 11.9 Å². The molecule has 2 aromatic rings. The van der Waals surface area contributed by atoms with Crippen LogP contribution in [0, 0.1) is 0 Å². The summed E-state index contributed by atoms with van der Waals surface area (Å²) in [6.45, 7) is 0.759. The van der Waals surface area contributed by atoms with Gasteiger partial charge in [-0.1, -0.05) is 36.4 Å². The van der Waals surface area contributed by atoms with Crippen LogP contribution in [0.4, 0.5) is 5.69 Å². The number of carbonyl (C=O) groups is 1. The zero-order chi connectivity index (χ0) is 17.5. The molecule has 1 amide bonds. The number of benzene rings is 2. The highest BCUT2D eigenvalue weighted by Gasteiger charge is 2.22. The molecule has 6 nitrogen and oxygen atoms in total. The van der Waals surface area contributed by atoms with Crippen molar-refractivity contribution < 1.29 is 9.53 Å². The highest BCUT2D eigenvalue weighted by molar-refractivity contribution is 14.0. The maximum Gasteiger partial charge on any atom is 0.243 e. The highest BCUT2D eigenvalue weighted by Crippen LogP contribution is 2.27. The van der Waals surface area contributed by atoms with Gasteiger partial charge in [0.15, 0.2) is 5.96 Å². The molecule has 138 valence electrons. The summed E-state index contributed by atoms with van der Waals surface area (Å²) < 4.78 is 5.88. The third kappa shape index (κ3) is 5.62. The number of hydrogen-bond acceptors (Lipinski definition) is 3. The maximum absolute atomic E-state index is 12.0. The molecule has 1 aliphatic heterocycles. The van der Waals surface area contributed by atoms with Crippen molar-refractivity contribution >= 4 is 41.5 Å². The predicted molar refractivity (Wildman–Crippen MR) is 114 cm³/mol. The zero-order valence-corrected chi connectivity index (χ0v) is 16.9. The van der Waals surface area contributed by atoms with Crippen LogP contribution in [0.5, 0.6) is 5.75 Å². The Balaban J connectivity index is 0.00000243. The number of para-hydroxylation sites is 2. The fourth-order valence-electron chi connectivity index (χ4n) is 2.69. The summed E-state index contributed by atoms with van der Waals surface area (Å²) in [5.74, 6) is 1.39. The number of anilines is 1. The Hall–Kier alpha value is -2.29. The van der Waals surface area contributed by atoms with Gasteiger partial charge in [-0.05, 0) is 23.8 Å². The first kappa shape index (κ1) is 20.0. The summed E-state index contributed by atoms with van der Waals surface area (Å²) in [4.78, 5) is 16.1. The largest absolute Gasteiger partial charge is 0.488 e. The molecule has 1 heterocycles. The van der Waals surface area contributed by atoms with Gasteiger partial charge in [-0.3, -0.25) is 9.79 Å². The predicted octanol–water partition coefficient (Wildman–Crippen LogP) is 2.41. The number of amides is 1. The monoisotopic (exact) mass is 466 g/mol. The molecular formula is C19H23IN4O2. The number of carbonyl (C=O) groups excluding carboxylic acids is 1. The van der Waals surface area contributed by atoms with Gasteiger partial charge in [-0.25, -0.2) is 0 Å². The number of halogens is 1. The molecule has 2 aromatic carbocycles. The molecular weight excluding hydrogens is 443 g/mol. The van der Waals surface area contributed by atoms with Gasteiger partial charge in [0.2, 0.25) is 5.91 Å². The lowest BCUT2D eigenvalue weighted by Gasteiger charge is -2.15. The van der Waals surface area contributed by atoms with E-state index in [1.54, 1.807) is 7.05 Å². The van der Waals surface area contributed by atoms with Crippen molar-refractivity contribution in [3.63, 3.8) is 0 Å². The van der Waals surface area contributed by atoms with Crippen molar-refractivity contribution in [2.45, 2.75) is 12.5 Å². The average Bonchev–Trinajstić information content (AvgIpc) is 3.05. The number of hydrogen-bond donors (Lipinski definition) is 3. The first-order valence-corrected chi connectivity index (χ1v) is 8.28. The fourth-order valence-corrected chi connectivity index (χ4v) is 2.69. The number of rotatable bonds is 5. The summed E-state index contributed by atoms with van der Waals surface area (Å²) in [5, 5.41) is 9.03. The molecule has 0 aliphatic carbocycles. The van der Waals surface area contributed by atoms with Crippen LogP contribution in [0.3, 0.4) is 0 Å². The van der Waals surface area contributed by atoms with Gasteiger partial charge in [0.25, 0.3) is 0 Å². The Bertz CT molecular complexity index is 727. The van der Waals surface area contributed by atoms with E-state index >= 15 is 0 Å². The minimum absolute atomic E-state index is 0. The van der Waals surface area contributed by atoms with Crippen LogP contribution >= 0.6 is 24.0 Å². The van der Waals surface area contributed by atoms with Gasteiger partial charge < -0.3 is 20.7 Å². The molecule has 1 unspecified atom stereocenters. The lowest BCUT2D eigenvalue weighted by atomic mass is 10.1. The number of aliphatic imine (C=N–C) groups is 1. The molecule has 0 saturated heterocycles. The second-order valence-corrected chi connectivity index (χ2v) is 5.77. The first-order chi connectivity index (χ1) is 12.2. The summed E-state index contributed by atoms with van der Waals surface area (Å²) in [6, 6.07) is 17.4. The van der Waals surface area contributed by atoms with E-state index in [0.717, 1.165) is 17.9 Å². The molecule has 1 aliphatic rings. The summed E-state index contributed by atoms with van der Waals surface area (Å²) >= 11 is 0. The lowest BCUT2D eigenvalue weighted by molar-refractivity contribution is -0.115. The third-order valence-electron chi connectivity index (χ3n) is 3.91. The van der Waals surface area contributed by atoms with Crippen molar-refractivity contribution in [2.24, 2.45) is 4.99 Å². The number of guanidine groups is 1. The van der Waals surface area contributed by atoms with Gasteiger partial charge in [-0.2, -0.15) is 0 Å². The van der Waals surface area contributed by atoms with Gasteiger partial charge in [0, 0.05) is 19.2 Å². The van der Waals surface area contributed by atoms with Crippen molar-refractivity contribution in [3.05, 3.63) is 60.2 Å². The Morgan fingerprint density at radius 3 is 2.58 bits per heavy atom. The molecule has 26 heavy (non-hydrogen) atoms. The van der Waals surface area contributed by atoms with E-state index in [1.165, 1.54) is 5.56 Å². The Morgan fingerprint density at radius 1 is 1.12 bits per heavy atom. The van der Waals surface area contributed by atoms with Crippen LogP contribution in [0.2, 0.25) is 0 Å². The number of nitrogens with one attached hydrogen (secondary N) is 3. The molecule has 7 heteroatoms. The summed E-state index contributed by atoms with van der Waals surface area (Å²) in [6.07, 6.45) is 0.934. The summed E-state index contributed by atoms with van der Waals surface area (Å²) in [7, 11) is 1.68. The second-order valence-electron chi connectivity index (χ2n) is 5.77. The second kappa shape index (κ2) is 10.0. The van der Waals surface area contributed by atoms with Crippen molar-refractivity contribution in [2.75, 3.05) is 25.5 Å². The van der Waals surface area contributed by atoms with Crippen LogP contribution in [-0.2, 0) is 11.2 Å². The lowest BCUT2D eigenvalue weighted by Crippen LogP contribution is -2.44. The molecule has 0 radical (unpaired) electrons. The Kier molecular flexibility index (Phi) is 7.71. The van der Waals surface area contributed by atoms with Crippen LogP contribution in [0.25, 0.3) is 0 Å². The molecule has 3 N–H and O–H groups in total. The van der Waals surface area contributed by atoms with Crippen molar-refractivity contribution in [1.29, 1.82) is 0 Å². The van der Waals surface area contributed by atoms with E-state index in [2.05, 4.69) is 27.0 Å². The standard InChI is InChI=1S/C19H22N4O2.HI/c1-20-19(22-13-18(24)23-15-8-3-2-4-9-15)21-12-16-11-14-7-5-6-10-17(14)25-16;/h2-10,16H,11-13H2,1H3,(H,23,24)(H2,20,21,22);1H.